The Morgan fingerprint density at radius 1 is 0.673 bits per heavy atom. The fourth-order valence-corrected chi connectivity index (χ4v) is 15.7. The van der Waals surface area contributed by atoms with Gasteiger partial charge in [0.1, 0.15) is 18.1 Å². The number of Topliss-reactive ketones (excluding diaryl/α,β-unsaturated/α-hetero) is 3. The van der Waals surface area contributed by atoms with E-state index in [2.05, 4.69) is 25.8 Å². The number of aliphatic hydroxyl groups excluding tert-OH is 1. The van der Waals surface area contributed by atoms with Crippen molar-refractivity contribution in [3.05, 3.63) is 130 Å². The van der Waals surface area contributed by atoms with E-state index in [1.165, 1.54) is 20.0 Å². The Labute approximate surface area is 605 Å². The fourth-order valence-electron chi connectivity index (χ4n) is 15.7. The maximum absolute atomic E-state index is 14.5. The summed E-state index contributed by atoms with van der Waals surface area (Å²) in [4.78, 5) is 130. The molecule has 2 saturated carbocycles. The number of fused-ring (bicyclic) bond motifs is 9. The number of benzene rings is 5. The molecule has 24 nitrogen and oxygen atoms in total. The van der Waals surface area contributed by atoms with Gasteiger partial charge in [-0.05, 0) is 148 Å². The molecule has 2 spiro atoms. The molecule has 3 N–H and O–H groups in total. The highest BCUT2D eigenvalue weighted by Crippen LogP contribution is 2.58. The van der Waals surface area contributed by atoms with Gasteiger partial charge >= 0.3 is 6.09 Å². The molecule has 2 saturated heterocycles. The maximum atomic E-state index is 14.5. The summed E-state index contributed by atoms with van der Waals surface area (Å²) in [6.07, 6.45) is 6.58. The minimum absolute atomic E-state index is 0.0480. The number of ketones is 3. The third-order valence-corrected chi connectivity index (χ3v) is 22.2. The van der Waals surface area contributed by atoms with Crippen molar-refractivity contribution in [1.82, 2.24) is 35.4 Å². The highest BCUT2D eigenvalue weighted by molar-refractivity contribution is 6.06. The number of ether oxygens (including phenoxy) is 5. The highest BCUT2D eigenvalue weighted by atomic mass is 16.6. The first-order valence-corrected chi connectivity index (χ1v) is 36.7. The highest BCUT2D eigenvalue weighted by Gasteiger charge is 2.58. The summed E-state index contributed by atoms with van der Waals surface area (Å²) in [5.74, 6) is -1.92. The van der Waals surface area contributed by atoms with Gasteiger partial charge in [0.05, 0.1) is 75.2 Å². The molecule has 5 aliphatic heterocycles. The van der Waals surface area contributed by atoms with Gasteiger partial charge in [-0.25, -0.2) is 14.4 Å². The molecule has 1 aromatic heterocycles. The molecule has 6 aromatic rings. The van der Waals surface area contributed by atoms with Crippen LogP contribution >= 0.6 is 0 Å². The zero-order chi connectivity index (χ0) is 73.1. The number of unbranched alkanes of at least 4 members (excludes halogenated alkanes) is 2. The Bertz CT molecular complexity index is 4310. The number of para-hydroxylation sites is 1. The van der Waals surface area contributed by atoms with Crippen LogP contribution in [0.3, 0.4) is 0 Å². The van der Waals surface area contributed by atoms with E-state index < -0.39 is 47.9 Å². The third-order valence-electron chi connectivity index (χ3n) is 22.2. The number of aromatic nitrogens is 3. The van der Waals surface area contributed by atoms with Gasteiger partial charge in [0.15, 0.2) is 40.8 Å². The average molecular weight is 1420 g/mol. The molecule has 5 atom stereocenters. The van der Waals surface area contributed by atoms with Crippen molar-refractivity contribution in [1.29, 1.82) is 0 Å². The zero-order valence-corrected chi connectivity index (χ0v) is 60.2. The largest absolute Gasteiger partial charge is 0.493 e. The summed E-state index contributed by atoms with van der Waals surface area (Å²) in [6.45, 7) is 9.34. The number of carbonyl (C=O) groups is 9. The number of nitrogens with zero attached hydrogens (tertiary/aromatic N) is 7. The van der Waals surface area contributed by atoms with E-state index in [-0.39, 0.29) is 134 Å². The molecule has 1 unspecified atom stereocenters. The van der Waals surface area contributed by atoms with Crippen LogP contribution in [0.25, 0.3) is 22.5 Å². The number of methoxy groups -OCH3 is 2. The normalized spacial score (nSPS) is 18.9. The molecule has 104 heavy (non-hydrogen) atoms. The van der Waals surface area contributed by atoms with Crippen molar-refractivity contribution >= 4 is 64.4 Å². The van der Waals surface area contributed by atoms with Crippen molar-refractivity contribution in [2.75, 3.05) is 56.9 Å². The molecule has 13 rings (SSSR count). The summed E-state index contributed by atoms with van der Waals surface area (Å²) in [5.41, 5.74) is 8.13. The lowest BCUT2D eigenvalue weighted by molar-refractivity contribution is -0.133. The van der Waals surface area contributed by atoms with Crippen molar-refractivity contribution < 1.29 is 71.9 Å². The molecule has 24 heteroatoms. The van der Waals surface area contributed by atoms with Crippen LogP contribution in [-0.4, -0.2) is 154 Å². The van der Waals surface area contributed by atoms with E-state index in [4.69, 9.17) is 23.7 Å². The first-order valence-electron chi connectivity index (χ1n) is 36.7. The van der Waals surface area contributed by atoms with Crippen molar-refractivity contribution in [2.24, 2.45) is 22.7 Å². The van der Waals surface area contributed by atoms with Gasteiger partial charge in [0, 0.05) is 92.9 Å². The van der Waals surface area contributed by atoms with Crippen molar-refractivity contribution in [2.45, 2.75) is 181 Å². The summed E-state index contributed by atoms with van der Waals surface area (Å²) in [7, 11) is 3.07. The lowest BCUT2D eigenvalue weighted by Crippen LogP contribution is -2.50. The molecule has 2 aliphatic carbocycles. The molecule has 7 aliphatic rings. The quantitative estimate of drug-likeness (QED) is 0.0368. The Hall–Kier alpha value is -9.97. The second kappa shape index (κ2) is 30.8. The Morgan fingerprint density at radius 3 is 2.02 bits per heavy atom. The van der Waals surface area contributed by atoms with Crippen LogP contribution in [0.1, 0.15) is 167 Å². The lowest BCUT2D eigenvalue weighted by atomic mass is 9.89. The van der Waals surface area contributed by atoms with Crippen LogP contribution in [0.4, 0.5) is 16.2 Å². The van der Waals surface area contributed by atoms with Crippen LogP contribution < -0.4 is 39.4 Å². The van der Waals surface area contributed by atoms with Crippen LogP contribution in [0.5, 0.6) is 23.0 Å². The van der Waals surface area contributed by atoms with E-state index in [1.54, 1.807) is 74.1 Å². The van der Waals surface area contributed by atoms with Gasteiger partial charge in [0.25, 0.3) is 11.8 Å². The number of aliphatic hydroxyl groups is 1. The van der Waals surface area contributed by atoms with E-state index >= 15 is 0 Å². The Morgan fingerprint density at radius 2 is 1.32 bits per heavy atom. The summed E-state index contributed by atoms with van der Waals surface area (Å²) >= 11 is 0. The average Bonchev–Trinajstić information content (AvgIpc) is 1.57. The topological polar surface area (TPSA) is 288 Å². The van der Waals surface area contributed by atoms with Gasteiger partial charge in [-0.3, -0.25) is 38.4 Å². The molecule has 0 radical (unpaired) electrons. The van der Waals surface area contributed by atoms with Crippen LogP contribution in [0, 0.1) is 22.7 Å². The predicted molar refractivity (Wildman–Crippen MR) is 385 cm³/mol. The summed E-state index contributed by atoms with van der Waals surface area (Å²) in [6, 6.07) is 27.7. The first-order chi connectivity index (χ1) is 50.2. The summed E-state index contributed by atoms with van der Waals surface area (Å²) in [5, 5.41) is 26.5. The molecule has 6 heterocycles. The Balaban J connectivity index is 0.556. The van der Waals surface area contributed by atoms with Gasteiger partial charge in [0.2, 0.25) is 17.7 Å². The number of hydrogen-bond donors (Lipinski definition) is 3. The minimum atomic E-state index is -1.45. The maximum Gasteiger partial charge on any atom is 0.416 e. The molecule has 548 valence electrons. The van der Waals surface area contributed by atoms with Gasteiger partial charge < -0.3 is 54.1 Å². The third kappa shape index (κ3) is 15.5. The summed E-state index contributed by atoms with van der Waals surface area (Å²) < 4.78 is 31.8. The number of carbonyl (C=O) groups excluding carboxylic acids is 9. The number of anilines is 2. The predicted octanol–water partition coefficient (Wildman–Crippen LogP) is 10.3. The van der Waals surface area contributed by atoms with Gasteiger partial charge in [-0.15, -0.1) is 5.10 Å². The van der Waals surface area contributed by atoms with Crippen molar-refractivity contribution in [3.8, 4) is 45.5 Å². The second-order valence-corrected chi connectivity index (χ2v) is 29.7. The standard InChI is InChI=1S/C80H93N9O15/c1-7-88-73-58-17-11-12-18-62(58)85(44-53-15-9-10-16-57(53)72(73)83-84-88)71(94)28-26-55(90)25-27-70(93)81-43-56(91)37-59(48(2)3)74(95)82-49(4)65(92)35-50-19-21-51(22-20-50)45-104-78(99)89-63-40-69(67(101-6)39-61(63)76(97)87-47-80(31-32-80)42-64(87)77(89)98)103-34-14-8-13-33-102-68-36-52-23-24-54-41-79(29-30-79)46-86(54)75(96)60(52)38-66(68)100-5/h9-12,15-22,36,38-40,48-49,54,59,64,77,98H,7-8,13-14,23-35,37,41-47H2,1-6H3,(H,81,93)(H,82,95)/t49-,54+,59-,64-,77?/m0/s1. The van der Waals surface area contributed by atoms with Crippen molar-refractivity contribution in [3.63, 3.8) is 0 Å². The van der Waals surface area contributed by atoms with E-state index in [0.717, 1.165) is 83.6 Å². The van der Waals surface area contributed by atoms with E-state index in [0.29, 0.717) is 78.3 Å². The second-order valence-electron chi connectivity index (χ2n) is 29.7. The van der Waals surface area contributed by atoms with Gasteiger partial charge in [-0.1, -0.05) is 85.8 Å². The van der Waals surface area contributed by atoms with Gasteiger partial charge in [-0.2, -0.15) is 0 Å². The van der Waals surface area contributed by atoms with Crippen LogP contribution in [0.2, 0.25) is 0 Å². The SMILES string of the molecule is CCn1nnc2c1-c1ccccc1N(C(=O)CCC(=O)CCC(=O)NCC(=O)C[C@H](C(=O)N[C@@H](C)C(=O)Cc1ccc(COC(=O)N3c4cc(OCCCCCOc5cc6c(cc5OC)C(=O)N5CC7(CC7)C[C@H]5CC6)c(OC)cc4C(=O)N4CC5(CC5)C[C@H]4C3O)cc1)C(C)C)Cc1ccccc1-2. The number of nitrogens with one attached hydrogen (secondary N) is 2. The Kier molecular flexibility index (Phi) is 21.4. The number of hydrogen-bond acceptors (Lipinski definition) is 17. The molecular formula is C80H93N9O15. The number of rotatable bonds is 29. The molecular weight excluding hydrogens is 1330 g/mol. The smallest absolute Gasteiger partial charge is 0.416 e. The molecule has 4 fully saturated rings. The fraction of sp³-hybridized carbons (Fsp3) is 0.487. The van der Waals surface area contributed by atoms with Crippen LogP contribution in [0.15, 0.2) is 97.1 Å². The first kappa shape index (κ1) is 72.4. The van der Waals surface area contributed by atoms with E-state index in [9.17, 15) is 48.3 Å². The van der Waals surface area contributed by atoms with Crippen LogP contribution in [-0.2, 0) is 66.0 Å². The number of aryl methyl sites for hydroxylation is 2. The minimum Gasteiger partial charge on any atom is -0.493 e. The lowest BCUT2D eigenvalue weighted by Gasteiger charge is -2.31. The molecule has 5 aromatic carbocycles. The molecule has 0 bridgehead atoms. The number of amides is 6. The monoisotopic (exact) mass is 1420 g/mol. The molecule has 6 amide bonds. The van der Waals surface area contributed by atoms with E-state index in [1.807, 2.05) is 72.3 Å². The zero-order valence-electron chi connectivity index (χ0n) is 60.2.